The average molecular weight is 147 g/mol. The normalized spacial score (nSPS) is 16.4. The summed E-state index contributed by atoms with van der Waals surface area (Å²) >= 11 is 0. The molecule has 57 valence electrons. The van der Waals surface area contributed by atoms with E-state index in [1.54, 1.807) is 12.4 Å². The highest BCUT2D eigenvalue weighted by Crippen LogP contribution is 2.28. The zero-order chi connectivity index (χ0) is 7.52. The Morgan fingerprint density at radius 3 is 2.73 bits per heavy atom. The first-order valence-corrected chi connectivity index (χ1v) is 4.02. The van der Waals surface area contributed by atoms with Crippen LogP contribution in [0.25, 0.3) is 0 Å². The molecule has 0 amide bonds. The van der Waals surface area contributed by atoms with E-state index < -0.39 is 0 Å². The van der Waals surface area contributed by atoms with Crippen LogP contribution in [0.1, 0.15) is 12.8 Å². The van der Waals surface area contributed by atoms with Gasteiger partial charge in [-0.2, -0.15) is 0 Å². The molecule has 0 aromatic carbocycles. The third-order valence-corrected chi connectivity index (χ3v) is 1.89. The maximum atomic E-state index is 4.43. The fourth-order valence-corrected chi connectivity index (χ4v) is 0.984. The minimum absolute atomic E-state index is 0.878. The van der Waals surface area contributed by atoms with Gasteiger partial charge in [0.2, 0.25) is 0 Å². The Kier molecular flexibility index (Phi) is 1.76. The van der Waals surface area contributed by atoms with Gasteiger partial charge in [0.25, 0.3) is 0 Å². The monoisotopic (exact) mass is 147 g/mol. The molecule has 0 unspecified atom stereocenters. The van der Waals surface area contributed by atoms with Crippen LogP contribution in [0.4, 0.5) is 5.69 Å². The van der Waals surface area contributed by atoms with Crippen LogP contribution in [0.3, 0.4) is 0 Å². The van der Waals surface area contributed by atoms with Gasteiger partial charge in [0.05, 0.1) is 5.69 Å². The van der Waals surface area contributed by atoms with Gasteiger partial charge < -0.3 is 0 Å². The smallest absolute Gasteiger partial charge is 0.0604 e. The number of hydrogen-bond donors (Lipinski definition) is 0. The van der Waals surface area contributed by atoms with Crippen LogP contribution in [0.2, 0.25) is 0 Å². The second-order valence-electron chi connectivity index (χ2n) is 2.99. The first-order valence-electron chi connectivity index (χ1n) is 4.02. The highest BCUT2D eigenvalue weighted by molar-refractivity contribution is 5.32. The third-order valence-electron chi connectivity index (χ3n) is 1.89. The lowest BCUT2D eigenvalue weighted by atomic mass is 10.3. The summed E-state index contributed by atoms with van der Waals surface area (Å²) in [6, 6.07) is 3.89. The van der Waals surface area contributed by atoms with E-state index in [0.29, 0.717) is 0 Å². The van der Waals surface area contributed by atoms with Crippen molar-refractivity contribution in [1.29, 1.82) is 0 Å². The maximum Gasteiger partial charge on any atom is 0.0604 e. The molecule has 0 N–H and O–H groups in total. The van der Waals surface area contributed by atoms with Gasteiger partial charge in [-0.05, 0) is 30.9 Å². The Morgan fingerprint density at radius 2 is 2.09 bits per heavy atom. The van der Waals surface area contributed by atoms with Crippen molar-refractivity contribution >= 4 is 5.69 Å². The molecule has 0 spiro atoms. The van der Waals surface area contributed by atoms with Crippen molar-refractivity contribution in [2.45, 2.75) is 12.8 Å². The van der Waals surface area contributed by atoms with Crippen LogP contribution in [0.5, 0.6) is 0 Å². The lowest BCUT2D eigenvalue weighted by molar-refractivity contribution is 0.743. The van der Waals surface area contributed by atoms with Crippen LogP contribution < -0.4 is 5.32 Å². The summed E-state index contributed by atoms with van der Waals surface area (Å²) in [5.74, 6) is 0.878. The minimum Gasteiger partial charge on any atom is -0.285 e. The summed E-state index contributed by atoms with van der Waals surface area (Å²) in [4.78, 5) is 3.93. The summed E-state index contributed by atoms with van der Waals surface area (Å²) in [5, 5.41) is 4.43. The number of aromatic nitrogens is 1. The van der Waals surface area contributed by atoms with Crippen molar-refractivity contribution in [1.82, 2.24) is 10.3 Å². The molecule has 1 saturated carbocycles. The molecule has 0 aliphatic heterocycles. The molecule has 0 saturated heterocycles. The standard InChI is InChI=1S/C9H11N2/c1-2-8(1)7-11-9-3-5-10-6-4-9/h3-6,8H,1-2,7H2. The van der Waals surface area contributed by atoms with Gasteiger partial charge in [-0.3, -0.25) is 10.3 Å². The Bertz CT molecular complexity index is 216. The minimum atomic E-state index is 0.878. The Morgan fingerprint density at radius 1 is 1.36 bits per heavy atom. The molecule has 0 atom stereocenters. The fraction of sp³-hybridized carbons (Fsp3) is 0.444. The molecule has 1 aliphatic carbocycles. The maximum absolute atomic E-state index is 4.43. The van der Waals surface area contributed by atoms with Gasteiger partial charge in [-0.1, -0.05) is 0 Å². The van der Waals surface area contributed by atoms with E-state index in [1.165, 1.54) is 12.8 Å². The predicted molar refractivity (Wildman–Crippen MR) is 43.6 cm³/mol. The van der Waals surface area contributed by atoms with Crippen LogP contribution in [0.15, 0.2) is 24.5 Å². The summed E-state index contributed by atoms with van der Waals surface area (Å²) in [5.41, 5.74) is 1.06. The van der Waals surface area contributed by atoms with Crippen LogP contribution in [-0.4, -0.2) is 11.5 Å². The molecular formula is C9H11N2. The molecule has 11 heavy (non-hydrogen) atoms. The van der Waals surface area contributed by atoms with Gasteiger partial charge in [-0.15, -0.1) is 0 Å². The molecule has 1 heterocycles. The Labute approximate surface area is 66.7 Å². The van der Waals surface area contributed by atoms with Crippen molar-refractivity contribution in [2.75, 3.05) is 6.54 Å². The van der Waals surface area contributed by atoms with Gasteiger partial charge >= 0.3 is 0 Å². The molecule has 0 bridgehead atoms. The lowest BCUT2D eigenvalue weighted by Crippen LogP contribution is -2.01. The largest absolute Gasteiger partial charge is 0.285 e. The first-order chi connectivity index (χ1) is 5.45. The summed E-state index contributed by atoms with van der Waals surface area (Å²) in [6.07, 6.45) is 6.31. The zero-order valence-corrected chi connectivity index (χ0v) is 6.40. The summed E-state index contributed by atoms with van der Waals surface area (Å²) in [6.45, 7) is 1.00. The molecular weight excluding hydrogens is 136 g/mol. The van der Waals surface area contributed by atoms with E-state index in [9.17, 15) is 0 Å². The summed E-state index contributed by atoms with van der Waals surface area (Å²) < 4.78 is 0. The molecule has 1 radical (unpaired) electrons. The molecule has 1 aromatic rings. The molecule has 1 aliphatic rings. The molecule has 1 aromatic heterocycles. The Balaban J connectivity index is 1.85. The quantitative estimate of drug-likeness (QED) is 0.639. The molecule has 2 nitrogen and oxygen atoms in total. The van der Waals surface area contributed by atoms with Crippen molar-refractivity contribution < 1.29 is 0 Å². The van der Waals surface area contributed by atoms with Gasteiger partial charge in [0.1, 0.15) is 0 Å². The third kappa shape index (κ3) is 1.93. The number of hydrogen-bond acceptors (Lipinski definition) is 1. The van der Waals surface area contributed by atoms with E-state index in [1.807, 2.05) is 12.1 Å². The van der Waals surface area contributed by atoms with Gasteiger partial charge in [-0.25, -0.2) is 0 Å². The predicted octanol–water partition coefficient (Wildman–Crippen LogP) is 1.73. The van der Waals surface area contributed by atoms with Crippen molar-refractivity contribution in [3.05, 3.63) is 24.5 Å². The molecule has 2 rings (SSSR count). The fourth-order valence-electron chi connectivity index (χ4n) is 0.984. The highest BCUT2D eigenvalue weighted by Gasteiger charge is 2.21. The number of pyridine rings is 1. The van der Waals surface area contributed by atoms with Crippen LogP contribution >= 0.6 is 0 Å². The van der Waals surface area contributed by atoms with Crippen LogP contribution in [-0.2, 0) is 0 Å². The van der Waals surface area contributed by atoms with Gasteiger partial charge in [0.15, 0.2) is 0 Å². The number of rotatable bonds is 3. The topological polar surface area (TPSA) is 27.0 Å². The summed E-state index contributed by atoms with van der Waals surface area (Å²) in [7, 11) is 0. The van der Waals surface area contributed by atoms with E-state index in [2.05, 4.69) is 10.3 Å². The molecule has 2 heteroatoms. The van der Waals surface area contributed by atoms with E-state index in [4.69, 9.17) is 0 Å². The Hall–Kier alpha value is -1.05. The van der Waals surface area contributed by atoms with E-state index in [-0.39, 0.29) is 0 Å². The van der Waals surface area contributed by atoms with E-state index in [0.717, 1.165) is 18.2 Å². The highest BCUT2D eigenvalue weighted by atomic mass is 14.9. The second-order valence-corrected chi connectivity index (χ2v) is 2.99. The SMILES string of the molecule is c1cc([N]CC2CC2)ccn1. The zero-order valence-electron chi connectivity index (χ0n) is 6.40. The van der Waals surface area contributed by atoms with Crippen molar-refractivity contribution in [3.8, 4) is 0 Å². The van der Waals surface area contributed by atoms with E-state index >= 15 is 0 Å². The second kappa shape index (κ2) is 2.91. The molecule has 1 fully saturated rings. The van der Waals surface area contributed by atoms with Gasteiger partial charge in [0, 0.05) is 18.9 Å². The lowest BCUT2D eigenvalue weighted by Gasteiger charge is -1.98. The van der Waals surface area contributed by atoms with Crippen LogP contribution in [0, 0.1) is 5.92 Å². The number of nitrogens with zero attached hydrogens (tertiary/aromatic N) is 2. The van der Waals surface area contributed by atoms with Crippen molar-refractivity contribution in [2.24, 2.45) is 5.92 Å². The average Bonchev–Trinajstić information content (AvgIpc) is 2.86. The first kappa shape index (κ1) is 6.65. The van der Waals surface area contributed by atoms with Crippen molar-refractivity contribution in [3.63, 3.8) is 0 Å².